The number of halogens is 1. The second kappa shape index (κ2) is 8.52. The van der Waals surface area contributed by atoms with Crippen LogP contribution in [-0.2, 0) is 0 Å². The third-order valence-electron chi connectivity index (χ3n) is 6.01. The number of aryl methyl sites for hydroxylation is 1. The monoisotopic (exact) mass is 502 g/mol. The molecule has 0 unspecified atom stereocenters. The maximum Gasteiger partial charge on any atom is 0.174 e. The lowest BCUT2D eigenvalue weighted by atomic mass is 9.96. The molecule has 160 valence electrons. The Hall–Kier alpha value is -2.96. The smallest absolute Gasteiger partial charge is 0.174 e. The maximum absolute atomic E-state index is 5.85. The van der Waals surface area contributed by atoms with Crippen LogP contribution in [0.25, 0.3) is 5.69 Å². The average molecular weight is 503 g/mol. The summed E-state index contributed by atoms with van der Waals surface area (Å²) in [6.45, 7) is 4.34. The van der Waals surface area contributed by atoms with E-state index in [1.807, 2.05) is 24.4 Å². The van der Waals surface area contributed by atoms with E-state index in [9.17, 15) is 0 Å². The number of hydrogen-bond donors (Lipinski definition) is 1. The van der Waals surface area contributed by atoms with E-state index in [4.69, 9.17) is 12.2 Å². The van der Waals surface area contributed by atoms with Crippen LogP contribution in [0.1, 0.15) is 34.7 Å². The zero-order valence-corrected chi connectivity index (χ0v) is 20.3. The van der Waals surface area contributed by atoms with Gasteiger partial charge in [0.1, 0.15) is 0 Å². The summed E-state index contributed by atoms with van der Waals surface area (Å²) in [7, 11) is 0. The van der Waals surface area contributed by atoms with Crippen LogP contribution >= 0.6 is 28.1 Å². The van der Waals surface area contributed by atoms with E-state index in [0.717, 1.165) is 21.5 Å². The lowest BCUT2D eigenvalue weighted by molar-refractivity contribution is 0.565. The van der Waals surface area contributed by atoms with Gasteiger partial charge >= 0.3 is 0 Å². The molecule has 0 radical (unpaired) electrons. The van der Waals surface area contributed by atoms with Crippen LogP contribution in [0.2, 0.25) is 0 Å². The van der Waals surface area contributed by atoms with E-state index in [1.165, 1.54) is 17.0 Å². The fourth-order valence-electron chi connectivity index (χ4n) is 4.61. The van der Waals surface area contributed by atoms with Crippen LogP contribution in [0.4, 0.5) is 5.69 Å². The number of aromatic nitrogens is 2. The molecule has 4 nitrogen and oxygen atoms in total. The fraction of sp³-hybridized carbons (Fsp3) is 0.154. The standard InChI is InChI=1S/C26H23BrN4S/c1-17-16-22(18(2)30(17)20-8-4-3-5-9-20)25-24(23-10-6-7-15-28-23)29-26(32)31(25)21-13-11-19(27)12-14-21/h3-16,24-25H,1-2H3,(H,29,32)/t24-,25+/m1/s1. The molecule has 1 N–H and O–H groups in total. The van der Waals surface area contributed by atoms with Crippen LogP contribution < -0.4 is 10.2 Å². The van der Waals surface area contributed by atoms with Gasteiger partial charge in [0.05, 0.1) is 17.8 Å². The lowest BCUT2D eigenvalue weighted by Gasteiger charge is -2.28. The molecule has 32 heavy (non-hydrogen) atoms. The minimum Gasteiger partial charge on any atom is -0.351 e. The highest BCUT2D eigenvalue weighted by atomic mass is 79.9. The summed E-state index contributed by atoms with van der Waals surface area (Å²) in [5, 5.41) is 4.26. The predicted molar refractivity (Wildman–Crippen MR) is 137 cm³/mol. The Morgan fingerprint density at radius 2 is 1.62 bits per heavy atom. The van der Waals surface area contributed by atoms with Crippen LogP contribution in [0, 0.1) is 13.8 Å². The molecule has 3 heterocycles. The van der Waals surface area contributed by atoms with Gasteiger partial charge in [0.25, 0.3) is 0 Å². The van der Waals surface area contributed by atoms with Crippen LogP contribution in [0.5, 0.6) is 0 Å². The fourth-order valence-corrected chi connectivity index (χ4v) is 5.22. The summed E-state index contributed by atoms with van der Waals surface area (Å²) in [6, 6.07) is 27.0. The number of benzene rings is 2. The summed E-state index contributed by atoms with van der Waals surface area (Å²) >= 11 is 9.40. The van der Waals surface area contributed by atoms with Gasteiger partial charge in [-0.1, -0.05) is 40.2 Å². The molecule has 1 saturated heterocycles. The third kappa shape index (κ3) is 3.63. The van der Waals surface area contributed by atoms with Crippen molar-refractivity contribution >= 4 is 38.9 Å². The van der Waals surface area contributed by atoms with E-state index >= 15 is 0 Å². The molecule has 6 heteroatoms. The van der Waals surface area contributed by atoms with Crippen molar-refractivity contribution in [2.75, 3.05) is 4.90 Å². The Labute approximate surface area is 202 Å². The molecule has 2 atom stereocenters. The summed E-state index contributed by atoms with van der Waals surface area (Å²) in [4.78, 5) is 6.89. The van der Waals surface area contributed by atoms with E-state index in [1.54, 1.807) is 0 Å². The Bertz CT molecular complexity index is 1250. The molecule has 1 aliphatic heterocycles. The van der Waals surface area contributed by atoms with Gasteiger partial charge in [0.15, 0.2) is 5.11 Å². The van der Waals surface area contributed by atoms with E-state index < -0.39 is 0 Å². The number of nitrogens with one attached hydrogen (secondary N) is 1. The van der Waals surface area contributed by atoms with Gasteiger partial charge in [-0.3, -0.25) is 4.98 Å². The van der Waals surface area contributed by atoms with Gasteiger partial charge < -0.3 is 14.8 Å². The van der Waals surface area contributed by atoms with Crippen molar-refractivity contribution < 1.29 is 0 Å². The van der Waals surface area contributed by atoms with Crippen LogP contribution in [0.3, 0.4) is 0 Å². The first-order valence-electron chi connectivity index (χ1n) is 10.5. The van der Waals surface area contributed by atoms with E-state index in [-0.39, 0.29) is 12.1 Å². The minimum atomic E-state index is -0.0583. The van der Waals surface area contributed by atoms with Crippen molar-refractivity contribution in [3.05, 3.63) is 112 Å². The number of pyridine rings is 1. The van der Waals surface area contributed by atoms with E-state index in [0.29, 0.717) is 5.11 Å². The van der Waals surface area contributed by atoms with Crippen molar-refractivity contribution in [2.24, 2.45) is 0 Å². The second-order valence-corrected chi connectivity index (χ2v) is 9.27. The lowest BCUT2D eigenvalue weighted by Crippen LogP contribution is -2.29. The highest BCUT2D eigenvalue weighted by molar-refractivity contribution is 9.10. The zero-order chi connectivity index (χ0) is 22.2. The Morgan fingerprint density at radius 3 is 2.31 bits per heavy atom. The summed E-state index contributed by atoms with van der Waals surface area (Å²) < 4.78 is 3.35. The normalized spacial score (nSPS) is 18.1. The minimum absolute atomic E-state index is 0.0257. The quantitative estimate of drug-likeness (QED) is 0.326. The van der Waals surface area contributed by atoms with Gasteiger partial charge in [-0.15, -0.1) is 0 Å². The summed E-state index contributed by atoms with van der Waals surface area (Å²) in [6.07, 6.45) is 1.84. The van der Waals surface area contributed by atoms with Crippen LogP contribution in [0.15, 0.2) is 89.5 Å². The summed E-state index contributed by atoms with van der Waals surface area (Å²) in [5.41, 5.74) is 6.82. The molecule has 5 rings (SSSR count). The van der Waals surface area contributed by atoms with Gasteiger partial charge in [0.2, 0.25) is 0 Å². The topological polar surface area (TPSA) is 33.1 Å². The molecule has 1 fully saturated rings. The molecule has 1 aliphatic rings. The summed E-state index contributed by atoms with van der Waals surface area (Å²) in [5.74, 6) is 0. The SMILES string of the molecule is Cc1cc([C@H]2[C@@H](c3ccccn3)NC(=S)N2c2ccc(Br)cc2)c(C)n1-c1ccccc1. The second-order valence-electron chi connectivity index (χ2n) is 7.97. The van der Waals surface area contributed by atoms with Gasteiger partial charge in [0, 0.05) is 33.4 Å². The van der Waals surface area contributed by atoms with Gasteiger partial charge in [-0.2, -0.15) is 0 Å². The molecule has 2 aromatic carbocycles. The number of anilines is 1. The average Bonchev–Trinajstić information content (AvgIpc) is 3.31. The molecule has 4 aromatic rings. The third-order valence-corrected chi connectivity index (χ3v) is 6.85. The molecular formula is C26H23BrN4S. The van der Waals surface area contributed by atoms with Crippen molar-refractivity contribution in [3.63, 3.8) is 0 Å². The number of nitrogens with zero attached hydrogens (tertiary/aromatic N) is 3. The van der Waals surface area contributed by atoms with Crippen LogP contribution in [-0.4, -0.2) is 14.7 Å². The molecule has 2 aromatic heterocycles. The first-order valence-corrected chi connectivity index (χ1v) is 11.7. The molecule has 0 amide bonds. The Kier molecular flexibility index (Phi) is 5.57. The van der Waals surface area contributed by atoms with Crippen molar-refractivity contribution in [3.8, 4) is 5.69 Å². The van der Waals surface area contributed by atoms with Crippen molar-refractivity contribution in [1.82, 2.24) is 14.9 Å². The molecule has 0 saturated carbocycles. The largest absolute Gasteiger partial charge is 0.351 e. The Morgan fingerprint density at radius 1 is 0.906 bits per heavy atom. The highest BCUT2D eigenvalue weighted by Crippen LogP contribution is 2.43. The predicted octanol–water partition coefficient (Wildman–Crippen LogP) is 6.43. The van der Waals surface area contributed by atoms with E-state index in [2.05, 4.69) is 110 Å². The van der Waals surface area contributed by atoms with Crippen molar-refractivity contribution in [1.29, 1.82) is 0 Å². The van der Waals surface area contributed by atoms with Crippen molar-refractivity contribution in [2.45, 2.75) is 25.9 Å². The molecule has 0 spiro atoms. The number of thiocarbonyl (C=S) groups is 1. The zero-order valence-electron chi connectivity index (χ0n) is 17.9. The highest BCUT2D eigenvalue weighted by Gasteiger charge is 2.42. The number of para-hydroxylation sites is 1. The molecule has 0 aliphatic carbocycles. The molecular weight excluding hydrogens is 480 g/mol. The van der Waals surface area contributed by atoms with Gasteiger partial charge in [-0.05, 0) is 86.2 Å². The maximum atomic E-state index is 5.85. The first kappa shape index (κ1) is 20.9. The van der Waals surface area contributed by atoms with Gasteiger partial charge in [-0.25, -0.2) is 0 Å². The Balaban J connectivity index is 1.68. The number of rotatable bonds is 4. The first-order chi connectivity index (χ1) is 15.5. The molecule has 0 bridgehead atoms. The number of hydrogen-bond acceptors (Lipinski definition) is 2.